The molecule has 0 nitrogen and oxygen atoms in total. The van der Waals surface area contributed by atoms with Crippen LogP contribution in [0.1, 0.15) is 27.9 Å². The Kier molecular flexibility index (Phi) is 3.41. The average molecular weight is 228 g/mol. The van der Waals surface area contributed by atoms with Crippen molar-refractivity contribution in [1.29, 1.82) is 0 Å². The zero-order valence-electron chi connectivity index (χ0n) is 9.77. The molecule has 2 rings (SSSR count). The summed E-state index contributed by atoms with van der Waals surface area (Å²) in [5.74, 6) is 0. The second-order valence-electron chi connectivity index (χ2n) is 4.19. The van der Waals surface area contributed by atoms with Crippen molar-refractivity contribution in [3.05, 3.63) is 70.8 Å². The van der Waals surface area contributed by atoms with Gasteiger partial charge in [-0.15, -0.1) is 9.24 Å². The molecule has 0 aromatic heterocycles. The van der Waals surface area contributed by atoms with Gasteiger partial charge in [-0.2, -0.15) is 0 Å². The highest BCUT2D eigenvalue weighted by Gasteiger charge is 2.11. The Morgan fingerprint density at radius 2 is 1.12 bits per heavy atom. The predicted octanol–water partition coefficient (Wildman–Crippen LogP) is 4.27. The summed E-state index contributed by atoms with van der Waals surface area (Å²) in [6, 6.07) is 17.2. The lowest BCUT2D eigenvalue weighted by atomic mass is 9.97. The van der Waals surface area contributed by atoms with Crippen LogP contribution in [-0.2, 0) is 0 Å². The van der Waals surface area contributed by atoms with E-state index < -0.39 is 0 Å². The molecule has 0 fully saturated rings. The number of hydrogen-bond donors (Lipinski definition) is 0. The SMILES string of the molecule is Cc1ccccc1C(P)c1ccccc1C. The van der Waals surface area contributed by atoms with Gasteiger partial charge in [0.2, 0.25) is 0 Å². The van der Waals surface area contributed by atoms with Crippen molar-refractivity contribution in [3.8, 4) is 0 Å². The van der Waals surface area contributed by atoms with E-state index in [2.05, 4.69) is 71.6 Å². The Labute approximate surface area is 99.9 Å². The van der Waals surface area contributed by atoms with Crippen LogP contribution in [0.15, 0.2) is 48.5 Å². The van der Waals surface area contributed by atoms with E-state index in [-0.39, 0.29) is 0 Å². The van der Waals surface area contributed by atoms with Crippen LogP contribution in [0.25, 0.3) is 0 Å². The summed E-state index contributed by atoms with van der Waals surface area (Å²) >= 11 is 0. The van der Waals surface area contributed by atoms with Gasteiger partial charge in [0.1, 0.15) is 0 Å². The summed E-state index contributed by atoms with van der Waals surface area (Å²) < 4.78 is 0. The van der Waals surface area contributed by atoms with Crippen molar-refractivity contribution in [3.63, 3.8) is 0 Å². The molecule has 0 aliphatic carbocycles. The molecule has 2 aromatic carbocycles. The monoisotopic (exact) mass is 228 g/mol. The zero-order valence-corrected chi connectivity index (χ0v) is 10.9. The largest absolute Gasteiger partial charge is 0.125 e. The van der Waals surface area contributed by atoms with Crippen molar-refractivity contribution < 1.29 is 0 Å². The summed E-state index contributed by atoms with van der Waals surface area (Å²) in [5, 5.41) is 0. The molecule has 0 radical (unpaired) electrons. The molecule has 0 spiro atoms. The molecule has 1 heteroatoms. The van der Waals surface area contributed by atoms with E-state index in [4.69, 9.17) is 0 Å². The molecule has 0 saturated heterocycles. The van der Waals surface area contributed by atoms with Gasteiger partial charge in [0.25, 0.3) is 0 Å². The van der Waals surface area contributed by atoms with Gasteiger partial charge in [-0.25, -0.2) is 0 Å². The van der Waals surface area contributed by atoms with Crippen molar-refractivity contribution in [1.82, 2.24) is 0 Å². The molecule has 0 saturated carbocycles. The van der Waals surface area contributed by atoms with Crippen LogP contribution >= 0.6 is 9.24 Å². The first kappa shape index (κ1) is 11.4. The Morgan fingerprint density at radius 1 is 0.750 bits per heavy atom. The molecule has 0 N–H and O–H groups in total. The first-order valence-electron chi connectivity index (χ1n) is 5.57. The molecule has 0 heterocycles. The highest BCUT2D eigenvalue weighted by atomic mass is 31.0. The van der Waals surface area contributed by atoms with Gasteiger partial charge in [0.15, 0.2) is 0 Å². The lowest BCUT2D eigenvalue weighted by Crippen LogP contribution is -1.97. The van der Waals surface area contributed by atoms with E-state index in [1.165, 1.54) is 22.3 Å². The average Bonchev–Trinajstić information content (AvgIpc) is 2.29. The second kappa shape index (κ2) is 4.80. The van der Waals surface area contributed by atoms with Gasteiger partial charge in [0, 0.05) is 5.66 Å². The number of benzene rings is 2. The minimum Gasteiger partial charge on any atom is -0.125 e. The third-order valence-corrected chi connectivity index (χ3v) is 3.77. The smallest absolute Gasteiger partial charge is 0.0239 e. The Bertz CT molecular complexity index is 443. The normalized spacial score (nSPS) is 10.8. The molecule has 1 unspecified atom stereocenters. The van der Waals surface area contributed by atoms with E-state index in [0.717, 1.165) is 0 Å². The first-order valence-corrected chi connectivity index (χ1v) is 6.23. The van der Waals surface area contributed by atoms with Gasteiger partial charge in [-0.3, -0.25) is 0 Å². The van der Waals surface area contributed by atoms with Crippen LogP contribution in [0.3, 0.4) is 0 Å². The van der Waals surface area contributed by atoms with E-state index in [1.807, 2.05) is 0 Å². The van der Waals surface area contributed by atoms with E-state index in [9.17, 15) is 0 Å². The number of aryl methyl sites for hydroxylation is 2. The molecule has 0 bridgehead atoms. The van der Waals surface area contributed by atoms with Gasteiger partial charge in [-0.1, -0.05) is 48.5 Å². The second-order valence-corrected chi connectivity index (χ2v) is 4.86. The lowest BCUT2D eigenvalue weighted by Gasteiger charge is -2.17. The standard InChI is InChI=1S/C15H17P/c1-11-7-3-5-9-13(11)15(16)14-10-6-4-8-12(14)2/h3-10,15H,16H2,1-2H3. The Hall–Kier alpha value is -1.13. The topological polar surface area (TPSA) is 0 Å². The van der Waals surface area contributed by atoms with E-state index in [1.54, 1.807) is 0 Å². The molecule has 16 heavy (non-hydrogen) atoms. The molecular weight excluding hydrogens is 211 g/mol. The van der Waals surface area contributed by atoms with Crippen LogP contribution in [0.5, 0.6) is 0 Å². The molecule has 82 valence electrons. The maximum absolute atomic E-state index is 2.95. The zero-order chi connectivity index (χ0) is 11.5. The summed E-state index contributed by atoms with van der Waals surface area (Å²) in [7, 11) is 2.95. The Balaban J connectivity index is 2.44. The van der Waals surface area contributed by atoms with Crippen molar-refractivity contribution >= 4 is 9.24 Å². The maximum Gasteiger partial charge on any atom is 0.0239 e. The van der Waals surface area contributed by atoms with Crippen molar-refractivity contribution in [2.24, 2.45) is 0 Å². The molecule has 0 amide bonds. The van der Waals surface area contributed by atoms with E-state index in [0.29, 0.717) is 5.66 Å². The molecule has 2 aromatic rings. The van der Waals surface area contributed by atoms with Crippen LogP contribution in [-0.4, -0.2) is 0 Å². The van der Waals surface area contributed by atoms with Crippen LogP contribution < -0.4 is 0 Å². The number of rotatable bonds is 2. The Morgan fingerprint density at radius 3 is 1.50 bits per heavy atom. The maximum atomic E-state index is 2.95. The summed E-state index contributed by atoms with van der Waals surface area (Å²) in [6.07, 6.45) is 0. The summed E-state index contributed by atoms with van der Waals surface area (Å²) in [6.45, 7) is 4.34. The van der Waals surface area contributed by atoms with Gasteiger partial charge < -0.3 is 0 Å². The minimum atomic E-state index is 0.391. The fourth-order valence-corrected chi connectivity index (χ4v) is 2.79. The molecular formula is C15H17P. The van der Waals surface area contributed by atoms with Crippen LogP contribution in [0.4, 0.5) is 0 Å². The van der Waals surface area contributed by atoms with Gasteiger partial charge in [0.05, 0.1) is 0 Å². The fraction of sp³-hybridized carbons (Fsp3) is 0.200. The third kappa shape index (κ3) is 2.18. The predicted molar refractivity (Wildman–Crippen MR) is 73.9 cm³/mol. The highest BCUT2D eigenvalue weighted by Crippen LogP contribution is 2.34. The quantitative estimate of drug-likeness (QED) is 0.673. The third-order valence-electron chi connectivity index (χ3n) is 3.05. The summed E-state index contributed by atoms with van der Waals surface area (Å²) in [4.78, 5) is 0. The highest BCUT2D eigenvalue weighted by molar-refractivity contribution is 7.17. The minimum absolute atomic E-state index is 0.391. The van der Waals surface area contributed by atoms with E-state index >= 15 is 0 Å². The van der Waals surface area contributed by atoms with Gasteiger partial charge in [-0.05, 0) is 36.1 Å². The van der Waals surface area contributed by atoms with Crippen molar-refractivity contribution in [2.45, 2.75) is 19.5 Å². The molecule has 0 aliphatic rings. The summed E-state index contributed by atoms with van der Waals surface area (Å²) in [5.41, 5.74) is 5.88. The lowest BCUT2D eigenvalue weighted by molar-refractivity contribution is 1.10. The van der Waals surface area contributed by atoms with Crippen LogP contribution in [0, 0.1) is 13.8 Å². The number of hydrogen-bond acceptors (Lipinski definition) is 0. The van der Waals surface area contributed by atoms with Crippen LogP contribution in [0.2, 0.25) is 0 Å². The fourth-order valence-electron chi connectivity index (χ4n) is 2.04. The molecule has 0 aliphatic heterocycles. The molecule has 1 atom stereocenters. The van der Waals surface area contributed by atoms with Crippen molar-refractivity contribution in [2.75, 3.05) is 0 Å². The van der Waals surface area contributed by atoms with Gasteiger partial charge >= 0.3 is 0 Å². The first-order chi connectivity index (χ1) is 7.70.